The van der Waals surface area contributed by atoms with Crippen molar-refractivity contribution in [3.8, 4) is 0 Å². The summed E-state index contributed by atoms with van der Waals surface area (Å²) in [4.78, 5) is 19.6. The van der Waals surface area contributed by atoms with E-state index < -0.39 is 0 Å². The van der Waals surface area contributed by atoms with E-state index in [1.807, 2.05) is 48.2 Å². The Labute approximate surface area is 146 Å². The van der Waals surface area contributed by atoms with Crippen molar-refractivity contribution < 1.29 is 4.79 Å². The standard InChI is InChI=1S/C19H21N5O/c1-13-10-18-20-12-15-16-5-4-14(11-17(15)24(18)21-13)23(16)19(25)6-9-22-7-2-3-8-22/h2-3,7-8,10,12,14,16H,4-6,9,11H2,1H3/t14-,16-/m0/s1. The highest BCUT2D eigenvalue weighted by atomic mass is 16.2. The molecule has 0 unspecified atom stereocenters. The first-order valence-electron chi connectivity index (χ1n) is 8.97. The van der Waals surface area contributed by atoms with Crippen LogP contribution in [0.1, 0.15) is 42.3 Å². The van der Waals surface area contributed by atoms with E-state index in [9.17, 15) is 4.79 Å². The second-order valence-corrected chi connectivity index (χ2v) is 7.14. The molecule has 1 fully saturated rings. The van der Waals surface area contributed by atoms with E-state index in [0.29, 0.717) is 12.5 Å². The number of carbonyl (C=O) groups excluding carboxylic acids is 1. The van der Waals surface area contributed by atoms with Crippen LogP contribution in [0, 0.1) is 6.92 Å². The molecule has 0 N–H and O–H groups in total. The van der Waals surface area contributed by atoms with E-state index >= 15 is 0 Å². The minimum absolute atomic E-state index is 0.160. The molecule has 25 heavy (non-hydrogen) atoms. The first-order chi connectivity index (χ1) is 12.2. The van der Waals surface area contributed by atoms with Gasteiger partial charge in [-0.3, -0.25) is 4.79 Å². The molecular formula is C19H21N5O. The van der Waals surface area contributed by atoms with Gasteiger partial charge >= 0.3 is 0 Å². The number of nitrogens with zero attached hydrogens (tertiary/aromatic N) is 5. The molecule has 1 amide bonds. The van der Waals surface area contributed by atoms with E-state index in [2.05, 4.69) is 19.5 Å². The van der Waals surface area contributed by atoms with E-state index in [1.165, 1.54) is 11.3 Å². The molecule has 2 aliphatic heterocycles. The van der Waals surface area contributed by atoms with E-state index in [0.717, 1.165) is 37.1 Å². The van der Waals surface area contributed by atoms with Crippen molar-refractivity contribution in [1.82, 2.24) is 24.1 Å². The molecule has 0 spiro atoms. The van der Waals surface area contributed by atoms with Crippen molar-refractivity contribution in [3.05, 3.63) is 53.7 Å². The molecule has 5 heterocycles. The van der Waals surface area contributed by atoms with Gasteiger partial charge in [0.25, 0.3) is 0 Å². The predicted octanol–water partition coefficient (Wildman–Crippen LogP) is 2.52. The van der Waals surface area contributed by atoms with Crippen LogP contribution in [0.2, 0.25) is 0 Å². The number of carbonyl (C=O) groups is 1. The highest BCUT2D eigenvalue weighted by Crippen LogP contribution is 2.43. The number of fused-ring (bicyclic) bond motifs is 6. The Morgan fingerprint density at radius 2 is 2.12 bits per heavy atom. The largest absolute Gasteiger partial charge is 0.354 e. The number of amides is 1. The molecule has 5 rings (SSSR count). The van der Waals surface area contributed by atoms with Crippen molar-refractivity contribution in [2.24, 2.45) is 0 Å². The van der Waals surface area contributed by atoms with Gasteiger partial charge in [-0.15, -0.1) is 0 Å². The smallest absolute Gasteiger partial charge is 0.225 e. The fourth-order valence-corrected chi connectivity index (χ4v) is 4.45. The fraction of sp³-hybridized carbons (Fsp3) is 0.421. The summed E-state index contributed by atoms with van der Waals surface area (Å²) in [5, 5.41) is 4.61. The molecule has 0 saturated carbocycles. The molecule has 3 aromatic heterocycles. The maximum atomic E-state index is 12.9. The summed E-state index contributed by atoms with van der Waals surface area (Å²) in [6.45, 7) is 2.74. The Hall–Kier alpha value is -2.63. The lowest BCUT2D eigenvalue weighted by Crippen LogP contribution is -2.43. The SMILES string of the molecule is Cc1cc2ncc3c(n2n1)C[C@@H]1CC[C@@H]3N1C(=O)CCn1cccc1. The van der Waals surface area contributed by atoms with Crippen molar-refractivity contribution in [2.75, 3.05) is 0 Å². The lowest BCUT2D eigenvalue weighted by Gasteiger charge is -2.36. The van der Waals surface area contributed by atoms with Gasteiger partial charge < -0.3 is 9.47 Å². The third-order valence-corrected chi connectivity index (χ3v) is 5.57. The Morgan fingerprint density at radius 1 is 1.28 bits per heavy atom. The number of hydrogen-bond acceptors (Lipinski definition) is 3. The molecule has 0 aliphatic carbocycles. The van der Waals surface area contributed by atoms with Gasteiger partial charge in [0.2, 0.25) is 5.91 Å². The number of aromatic nitrogens is 4. The minimum atomic E-state index is 0.160. The molecular weight excluding hydrogens is 314 g/mol. The highest BCUT2D eigenvalue weighted by molar-refractivity contribution is 5.78. The van der Waals surface area contributed by atoms with Crippen LogP contribution in [0.3, 0.4) is 0 Å². The molecule has 1 saturated heterocycles. The van der Waals surface area contributed by atoms with Gasteiger partial charge in [0.15, 0.2) is 5.65 Å². The van der Waals surface area contributed by atoms with Crippen molar-refractivity contribution in [2.45, 2.75) is 51.2 Å². The molecule has 0 aromatic carbocycles. The highest BCUT2D eigenvalue weighted by Gasteiger charge is 2.43. The summed E-state index contributed by atoms with van der Waals surface area (Å²) < 4.78 is 4.05. The van der Waals surface area contributed by atoms with Crippen LogP contribution >= 0.6 is 0 Å². The lowest BCUT2D eigenvalue weighted by atomic mass is 9.98. The summed E-state index contributed by atoms with van der Waals surface area (Å²) in [5.74, 6) is 0.253. The van der Waals surface area contributed by atoms with Crippen LogP contribution in [-0.2, 0) is 17.8 Å². The van der Waals surface area contributed by atoms with Gasteiger partial charge in [-0.05, 0) is 31.9 Å². The van der Waals surface area contributed by atoms with Gasteiger partial charge in [-0.2, -0.15) is 5.10 Å². The Balaban J connectivity index is 1.45. The molecule has 128 valence electrons. The van der Waals surface area contributed by atoms with Gasteiger partial charge in [0.1, 0.15) is 0 Å². The lowest BCUT2D eigenvalue weighted by molar-refractivity contribution is -0.135. The van der Waals surface area contributed by atoms with E-state index in [4.69, 9.17) is 0 Å². The zero-order chi connectivity index (χ0) is 17.0. The zero-order valence-electron chi connectivity index (χ0n) is 14.3. The Bertz CT molecular complexity index is 942. The summed E-state index contributed by atoms with van der Waals surface area (Å²) in [6, 6.07) is 6.46. The first kappa shape index (κ1) is 14.7. The average Bonchev–Trinajstić information content (AvgIpc) is 3.31. The maximum absolute atomic E-state index is 12.9. The van der Waals surface area contributed by atoms with Crippen LogP contribution in [0.25, 0.3) is 5.65 Å². The van der Waals surface area contributed by atoms with Crippen LogP contribution < -0.4 is 0 Å². The molecule has 2 bridgehead atoms. The van der Waals surface area contributed by atoms with Crippen LogP contribution in [-0.4, -0.2) is 36.0 Å². The quantitative estimate of drug-likeness (QED) is 0.739. The van der Waals surface area contributed by atoms with Gasteiger partial charge in [-0.25, -0.2) is 9.50 Å². The Morgan fingerprint density at radius 3 is 2.96 bits per heavy atom. The topological polar surface area (TPSA) is 55.4 Å². The molecule has 2 aliphatic rings. The Kier molecular flexibility index (Phi) is 3.20. The summed E-state index contributed by atoms with van der Waals surface area (Å²) in [5.41, 5.74) is 4.31. The number of rotatable bonds is 3. The van der Waals surface area contributed by atoms with Gasteiger partial charge in [0, 0.05) is 55.6 Å². The van der Waals surface area contributed by atoms with Crippen LogP contribution in [0.5, 0.6) is 0 Å². The molecule has 2 atom stereocenters. The van der Waals surface area contributed by atoms with Gasteiger partial charge in [0.05, 0.1) is 17.4 Å². The number of hydrogen-bond donors (Lipinski definition) is 0. The minimum Gasteiger partial charge on any atom is -0.354 e. The summed E-state index contributed by atoms with van der Waals surface area (Å²) in [6.07, 6.45) is 9.50. The third kappa shape index (κ3) is 2.27. The molecule has 6 heteroatoms. The predicted molar refractivity (Wildman–Crippen MR) is 93.1 cm³/mol. The van der Waals surface area contributed by atoms with Crippen LogP contribution in [0.15, 0.2) is 36.8 Å². The number of aryl methyl sites for hydroxylation is 2. The summed E-state index contributed by atoms with van der Waals surface area (Å²) in [7, 11) is 0. The second-order valence-electron chi connectivity index (χ2n) is 7.14. The second kappa shape index (κ2) is 5.44. The van der Waals surface area contributed by atoms with Crippen LogP contribution in [0.4, 0.5) is 0 Å². The third-order valence-electron chi connectivity index (χ3n) is 5.57. The van der Waals surface area contributed by atoms with E-state index in [-0.39, 0.29) is 11.9 Å². The van der Waals surface area contributed by atoms with Gasteiger partial charge in [-0.1, -0.05) is 0 Å². The van der Waals surface area contributed by atoms with Crippen molar-refractivity contribution in [1.29, 1.82) is 0 Å². The van der Waals surface area contributed by atoms with Crippen molar-refractivity contribution >= 4 is 11.6 Å². The molecule has 3 aromatic rings. The average molecular weight is 335 g/mol. The maximum Gasteiger partial charge on any atom is 0.225 e. The normalized spacial score (nSPS) is 21.7. The monoisotopic (exact) mass is 335 g/mol. The van der Waals surface area contributed by atoms with Crippen molar-refractivity contribution in [3.63, 3.8) is 0 Å². The molecule has 0 radical (unpaired) electrons. The van der Waals surface area contributed by atoms with E-state index in [1.54, 1.807) is 0 Å². The summed E-state index contributed by atoms with van der Waals surface area (Å²) >= 11 is 0. The fourth-order valence-electron chi connectivity index (χ4n) is 4.45. The first-order valence-corrected chi connectivity index (χ1v) is 8.97. The zero-order valence-corrected chi connectivity index (χ0v) is 14.3. The molecule has 6 nitrogen and oxygen atoms in total.